The lowest BCUT2D eigenvalue weighted by atomic mass is 10.0. The molecule has 2 aromatic carbocycles. The Kier molecular flexibility index (Phi) is 9.90. The van der Waals surface area contributed by atoms with Gasteiger partial charge in [-0.2, -0.15) is 0 Å². The molecule has 2 unspecified atom stereocenters. The van der Waals surface area contributed by atoms with E-state index in [1.54, 1.807) is 23.2 Å². The van der Waals surface area contributed by atoms with Gasteiger partial charge in [0.05, 0.1) is 27.9 Å². The minimum atomic E-state index is -0.398. The molecule has 9 heteroatoms. The number of halogens is 1. The van der Waals surface area contributed by atoms with Gasteiger partial charge < -0.3 is 14.6 Å². The van der Waals surface area contributed by atoms with E-state index in [9.17, 15) is 19.7 Å². The van der Waals surface area contributed by atoms with Gasteiger partial charge in [-0.1, -0.05) is 40.2 Å². The number of H-pyrrole nitrogens is 1. The van der Waals surface area contributed by atoms with E-state index in [1.807, 2.05) is 57.4 Å². The zero-order chi connectivity index (χ0) is 24.5. The number of aromatic amines is 1. The number of nitro groups is 1. The van der Waals surface area contributed by atoms with Crippen LogP contribution in [0.2, 0.25) is 0 Å². The predicted octanol–water partition coefficient (Wildman–Crippen LogP) is 3.87. The van der Waals surface area contributed by atoms with Gasteiger partial charge in [0.25, 0.3) is 5.69 Å². The quantitative estimate of drug-likeness (QED) is 0.263. The highest BCUT2D eigenvalue weighted by molar-refractivity contribution is 9.10. The van der Waals surface area contributed by atoms with Gasteiger partial charge in [0.2, 0.25) is 0 Å². The Morgan fingerprint density at radius 2 is 1.52 bits per heavy atom. The number of nitrogens with one attached hydrogen (secondary N) is 1. The van der Waals surface area contributed by atoms with Crippen molar-refractivity contribution in [3.05, 3.63) is 74.4 Å². The summed E-state index contributed by atoms with van der Waals surface area (Å²) in [5, 5.41) is 11.7. The summed E-state index contributed by atoms with van der Waals surface area (Å²) in [6, 6.07) is 12.5. The van der Waals surface area contributed by atoms with Gasteiger partial charge in [0, 0.05) is 16.7 Å². The summed E-state index contributed by atoms with van der Waals surface area (Å²) in [5.74, 6) is 0. The number of nitro benzene ring substituents is 1. The van der Waals surface area contributed by atoms with Crippen LogP contribution < -0.4 is 0 Å². The topological polar surface area (TPSA) is 99.5 Å². The zero-order valence-electron chi connectivity index (χ0n) is 19.2. The SMILES string of the molecule is CN(C)C(C=O)Cc1c[nH]c2cccc([N+](=O)[O-])c12.CN(C)C(C=O)Cc1ccccc1Br. The molecule has 176 valence electrons. The molecule has 0 fully saturated rings. The molecule has 0 aliphatic carbocycles. The fourth-order valence-corrected chi connectivity index (χ4v) is 3.81. The van der Waals surface area contributed by atoms with Crippen molar-refractivity contribution in [1.82, 2.24) is 14.8 Å². The maximum absolute atomic E-state index is 11.1. The van der Waals surface area contributed by atoms with E-state index in [1.165, 1.54) is 11.6 Å². The van der Waals surface area contributed by atoms with Crippen molar-refractivity contribution < 1.29 is 14.5 Å². The second-order valence-corrected chi connectivity index (χ2v) is 8.96. The third kappa shape index (κ3) is 7.05. The van der Waals surface area contributed by atoms with Crippen molar-refractivity contribution in [2.24, 2.45) is 0 Å². The number of hydrogen-bond donors (Lipinski definition) is 1. The van der Waals surface area contributed by atoms with Crippen molar-refractivity contribution in [1.29, 1.82) is 0 Å². The maximum atomic E-state index is 11.1. The van der Waals surface area contributed by atoms with Crippen LogP contribution in [0, 0.1) is 10.1 Å². The van der Waals surface area contributed by atoms with E-state index >= 15 is 0 Å². The second kappa shape index (κ2) is 12.4. The Morgan fingerprint density at radius 1 is 0.939 bits per heavy atom. The van der Waals surface area contributed by atoms with Crippen molar-refractivity contribution in [2.45, 2.75) is 24.9 Å². The van der Waals surface area contributed by atoms with Crippen LogP contribution >= 0.6 is 15.9 Å². The summed E-state index contributed by atoms with van der Waals surface area (Å²) >= 11 is 3.47. The Hall–Kier alpha value is -2.88. The number of aldehydes is 2. The molecule has 33 heavy (non-hydrogen) atoms. The second-order valence-electron chi connectivity index (χ2n) is 8.10. The minimum Gasteiger partial charge on any atom is -0.361 e. The molecule has 0 aliphatic rings. The molecule has 0 aliphatic heterocycles. The molecule has 0 saturated heterocycles. The first-order valence-corrected chi connectivity index (χ1v) is 11.2. The fourth-order valence-electron chi connectivity index (χ4n) is 3.37. The molecule has 2 atom stereocenters. The number of carbonyl (C=O) groups excluding carboxylic acids is 2. The Labute approximate surface area is 201 Å². The van der Waals surface area contributed by atoms with Gasteiger partial charge in [0.15, 0.2) is 0 Å². The molecular weight excluding hydrogens is 488 g/mol. The van der Waals surface area contributed by atoms with Crippen LogP contribution in [0.1, 0.15) is 11.1 Å². The molecule has 0 amide bonds. The number of likely N-dealkylation sites (N-methyl/N-ethyl adjacent to an activating group) is 2. The Balaban J connectivity index is 0.000000245. The molecule has 8 nitrogen and oxygen atoms in total. The molecule has 0 bridgehead atoms. The van der Waals surface area contributed by atoms with E-state index < -0.39 is 4.92 Å². The van der Waals surface area contributed by atoms with Crippen LogP contribution in [0.15, 0.2) is 53.1 Å². The van der Waals surface area contributed by atoms with Crippen LogP contribution in [0.3, 0.4) is 0 Å². The first kappa shape index (κ1) is 26.4. The molecule has 1 heterocycles. The van der Waals surface area contributed by atoms with Crippen LogP contribution in [-0.4, -0.2) is 72.6 Å². The number of fused-ring (bicyclic) bond motifs is 1. The third-order valence-electron chi connectivity index (χ3n) is 5.42. The minimum absolute atomic E-state index is 0.0475. The van der Waals surface area contributed by atoms with Gasteiger partial charge >= 0.3 is 0 Å². The lowest BCUT2D eigenvalue weighted by Gasteiger charge is -2.18. The number of carbonyl (C=O) groups is 2. The third-order valence-corrected chi connectivity index (χ3v) is 6.19. The van der Waals surface area contributed by atoms with E-state index in [4.69, 9.17) is 0 Å². The van der Waals surface area contributed by atoms with Crippen LogP contribution in [0.4, 0.5) is 5.69 Å². The summed E-state index contributed by atoms with van der Waals surface area (Å²) in [5.41, 5.74) is 2.73. The molecule has 1 N–H and O–H groups in total. The first-order valence-electron chi connectivity index (χ1n) is 10.4. The summed E-state index contributed by atoms with van der Waals surface area (Å²) < 4.78 is 1.06. The fraction of sp³-hybridized carbons (Fsp3) is 0.333. The number of aromatic nitrogens is 1. The average Bonchev–Trinajstić information content (AvgIpc) is 3.19. The number of hydrogen-bond acceptors (Lipinski definition) is 6. The monoisotopic (exact) mass is 516 g/mol. The van der Waals surface area contributed by atoms with Crippen molar-refractivity contribution >= 4 is 45.1 Å². The van der Waals surface area contributed by atoms with Crippen molar-refractivity contribution in [3.63, 3.8) is 0 Å². The van der Waals surface area contributed by atoms with Crippen molar-refractivity contribution in [3.8, 4) is 0 Å². The van der Waals surface area contributed by atoms with E-state index in [2.05, 4.69) is 20.9 Å². The predicted molar refractivity (Wildman–Crippen MR) is 134 cm³/mol. The smallest absolute Gasteiger partial charge is 0.279 e. The van der Waals surface area contributed by atoms with Gasteiger partial charge in [-0.3, -0.25) is 19.9 Å². The summed E-state index contributed by atoms with van der Waals surface area (Å²) in [7, 11) is 7.44. The van der Waals surface area contributed by atoms with Gasteiger partial charge in [-0.05, 0) is 64.3 Å². The normalized spacial score (nSPS) is 12.8. The number of benzene rings is 2. The largest absolute Gasteiger partial charge is 0.361 e. The molecule has 3 aromatic rings. The molecule has 1 aromatic heterocycles. The lowest BCUT2D eigenvalue weighted by molar-refractivity contribution is -0.383. The summed E-state index contributed by atoms with van der Waals surface area (Å²) in [4.78, 5) is 39.2. The van der Waals surface area contributed by atoms with Gasteiger partial charge in [0.1, 0.15) is 12.6 Å². The molecule has 0 radical (unpaired) electrons. The number of rotatable bonds is 9. The number of nitrogens with zero attached hydrogens (tertiary/aromatic N) is 3. The lowest BCUT2D eigenvalue weighted by Crippen LogP contribution is -2.31. The molecular formula is C24H29BrN4O4. The van der Waals surface area contributed by atoms with Gasteiger partial charge in [-0.25, -0.2) is 0 Å². The van der Waals surface area contributed by atoms with Crippen molar-refractivity contribution in [2.75, 3.05) is 28.2 Å². The molecule has 0 spiro atoms. The maximum Gasteiger partial charge on any atom is 0.279 e. The van der Waals surface area contributed by atoms with Crippen LogP contribution in [-0.2, 0) is 22.4 Å². The van der Waals surface area contributed by atoms with E-state index in [0.717, 1.165) is 29.0 Å². The van der Waals surface area contributed by atoms with E-state index in [0.29, 0.717) is 17.3 Å². The molecule has 0 saturated carbocycles. The Bertz CT molecular complexity index is 1100. The summed E-state index contributed by atoms with van der Waals surface area (Å²) in [6.07, 6.45) is 4.77. The number of non-ortho nitro benzene ring substituents is 1. The highest BCUT2D eigenvalue weighted by atomic mass is 79.9. The highest BCUT2D eigenvalue weighted by Gasteiger charge is 2.20. The molecule has 3 rings (SSSR count). The first-order chi connectivity index (χ1) is 15.7. The summed E-state index contributed by atoms with van der Waals surface area (Å²) in [6.45, 7) is 0. The van der Waals surface area contributed by atoms with Crippen LogP contribution in [0.5, 0.6) is 0 Å². The van der Waals surface area contributed by atoms with E-state index in [-0.39, 0.29) is 17.8 Å². The standard InChI is InChI=1S/C13H15N3O3.C11H14BrNO/c1-15(2)10(8-17)6-9-7-14-11-4-3-5-12(13(9)11)16(18)19;1-13(2)10(8-14)7-9-5-3-4-6-11(9)12/h3-5,7-8,10,14H,6H2,1-2H3;3-6,8,10H,7H2,1-2H3. The van der Waals surface area contributed by atoms with Crippen LogP contribution in [0.25, 0.3) is 10.9 Å². The average molecular weight is 517 g/mol. The van der Waals surface area contributed by atoms with Gasteiger partial charge in [-0.15, -0.1) is 0 Å². The zero-order valence-corrected chi connectivity index (χ0v) is 20.8. The Morgan fingerprint density at radius 3 is 2.03 bits per heavy atom. The highest BCUT2D eigenvalue weighted by Crippen LogP contribution is 2.29.